The van der Waals surface area contributed by atoms with Gasteiger partial charge in [0.15, 0.2) is 0 Å². The highest BCUT2D eigenvalue weighted by atomic mass is 32.2. The second-order valence-corrected chi connectivity index (χ2v) is 7.88. The number of aromatic nitrogens is 2. The van der Waals surface area contributed by atoms with Gasteiger partial charge in [0.05, 0.1) is 11.4 Å². The van der Waals surface area contributed by atoms with Gasteiger partial charge in [0, 0.05) is 22.8 Å². The van der Waals surface area contributed by atoms with Gasteiger partial charge in [-0.25, -0.2) is 0 Å². The number of rotatable bonds is 4. The molecule has 1 aromatic heterocycles. The molecule has 4 rings (SSSR count). The van der Waals surface area contributed by atoms with Crippen LogP contribution in [0.2, 0.25) is 0 Å². The lowest BCUT2D eigenvalue weighted by atomic mass is 10.2. The number of hydrogen-bond donors (Lipinski definition) is 1. The van der Waals surface area contributed by atoms with E-state index in [4.69, 9.17) is 0 Å². The minimum absolute atomic E-state index is 0.0515. The van der Waals surface area contributed by atoms with Crippen molar-refractivity contribution >= 4 is 45.5 Å². The molecule has 2 aromatic carbocycles. The fourth-order valence-electron chi connectivity index (χ4n) is 2.76. The number of benzene rings is 2. The monoisotopic (exact) mass is 368 g/mol. The summed E-state index contributed by atoms with van der Waals surface area (Å²) in [5.41, 5.74) is 2.29. The Labute approximate surface area is 154 Å². The van der Waals surface area contributed by atoms with Crippen molar-refractivity contribution in [3.63, 3.8) is 0 Å². The Bertz CT molecular complexity index is 879. The molecule has 0 atom stereocenters. The molecule has 0 bridgehead atoms. The highest BCUT2D eigenvalue weighted by molar-refractivity contribution is 7.99. The Morgan fingerprint density at radius 1 is 1.04 bits per heavy atom. The zero-order valence-corrected chi connectivity index (χ0v) is 15.2. The molecule has 0 unspecified atom stereocenters. The Balaban J connectivity index is 1.53. The molecule has 1 amide bonds. The van der Waals surface area contributed by atoms with Crippen molar-refractivity contribution in [2.45, 2.75) is 23.1 Å². The molecule has 0 spiro atoms. The summed E-state index contributed by atoms with van der Waals surface area (Å²) in [4.78, 5) is 16.9. The van der Waals surface area contributed by atoms with Crippen molar-refractivity contribution < 1.29 is 4.79 Å². The molecule has 0 aliphatic carbocycles. The van der Waals surface area contributed by atoms with Gasteiger partial charge in [-0.15, -0.1) is 10.2 Å². The highest BCUT2D eigenvalue weighted by Gasteiger charge is 2.23. The maximum absolute atomic E-state index is 12.3. The van der Waals surface area contributed by atoms with Crippen LogP contribution >= 0.6 is 23.1 Å². The zero-order valence-electron chi connectivity index (χ0n) is 13.6. The summed E-state index contributed by atoms with van der Waals surface area (Å²) < 4.78 is 0. The van der Waals surface area contributed by atoms with Gasteiger partial charge in [0.2, 0.25) is 11.0 Å². The largest absolute Gasteiger partial charge is 0.339 e. The van der Waals surface area contributed by atoms with Gasteiger partial charge in [0.1, 0.15) is 5.01 Å². The van der Waals surface area contributed by atoms with E-state index in [1.165, 1.54) is 21.1 Å². The smallest absolute Gasteiger partial charge is 0.227 e. The standard InChI is InChI=1S/C18H16N4OS2/c1-12-20-21-18(24-12)19-17(23)10-11-22-13-6-2-4-8-15(13)25-16-9-5-3-7-14(16)22/h2-9H,10-11H2,1H3,(H,19,21,23). The van der Waals surface area contributed by atoms with Gasteiger partial charge in [-0.2, -0.15) is 0 Å². The Kier molecular flexibility index (Phi) is 4.42. The third-order valence-corrected chi connectivity index (χ3v) is 5.75. The molecule has 7 heteroatoms. The van der Waals surface area contributed by atoms with Crippen LogP contribution in [-0.4, -0.2) is 22.6 Å². The van der Waals surface area contributed by atoms with Crippen molar-refractivity contribution in [3.05, 3.63) is 53.5 Å². The molecule has 0 saturated heterocycles. The molecular formula is C18H16N4OS2. The molecule has 126 valence electrons. The number of anilines is 3. The summed E-state index contributed by atoms with van der Waals surface area (Å²) in [6, 6.07) is 16.6. The van der Waals surface area contributed by atoms with E-state index in [1.807, 2.05) is 31.2 Å². The van der Waals surface area contributed by atoms with E-state index in [-0.39, 0.29) is 5.91 Å². The number of nitrogens with one attached hydrogen (secondary N) is 1. The van der Waals surface area contributed by atoms with Crippen molar-refractivity contribution in [2.75, 3.05) is 16.8 Å². The molecule has 5 nitrogen and oxygen atoms in total. The van der Waals surface area contributed by atoms with Gasteiger partial charge in [-0.05, 0) is 31.2 Å². The Morgan fingerprint density at radius 2 is 1.68 bits per heavy atom. The topological polar surface area (TPSA) is 58.1 Å². The molecule has 1 aliphatic rings. The molecule has 25 heavy (non-hydrogen) atoms. The van der Waals surface area contributed by atoms with Gasteiger partial charge in [0.25, 0.3) is 0 Å². The predicted molar refractivity (Wildman–Crippen MR) is 102 cm³/mol. The fourth-order valence-corrected chi connectivity index (χ4v) is 4.47. The van der Waals surface area contributed by atoms with E-state index < -0.39 is 0 Å². The average Bonchev–Trinajstić information content (AvgIpc) is 3.03. The average molecular weight is 368 g/mol. The highest BCUT2D eigenvalue weighted by Crippen LogP contribution is 2.47. The van der Waals surface area contributed by atoms with E-state index >= 15 is 0 Å². The first kappa shape index (κ1) is 16.1. The van der Waals surface area contributed by atoms with Crippen LogP contribution < -0.4 is 10.2 Å². The molecule has 2 heterocycles. The van der Waals surface area contributed by atoms with E-state index in [2.05, 4.69) is 44.7 Å². The van der Waals surface area contributed by atoms with Crippen LogP contribution in [0.15, 0.2) is 58.3 Å². The molecule has 0 fully saturated rings. The molecule has 0 saturated carbocycles. The SMILES string of the molecule is Cc1nnc(NC(=O)CCN2c3ccccc3Sc3ccccc32)s1. The lowest BCUT2D eigenvalue weighted by molar-refractivity contribution is -0.116. The number of fused-ring (bicyclic) bond motifs is 2. The first-order valence-corrected chi connectivity index (χ1v) is 9.57. The van der Waals surface area contributed by atoms with Crippen LogP contribution in [0.3, 0.4) is 0 Å². The number of carbonyl (C=O) groups excluding carboxylic acids is 1. The lowest BCUT2D eigenvalue weighted by Gasteiger charge is -2.32. The number of nitrogens with zero attached hydrogens (tertiary/aromatic N) is 3. The minimum atomic E-state index is -0.0515. The van der Waals surface area contributed by atoms with Crippen molar-refractivity contribution in [2.24, 2.45) is 0 Å². The second-order valence-electron chi connectivity index (χ2n) is 5.61. The number of para-hydroxylation sites is 2. The van der Waals surface area contributed by atoms with Crippen molar-refractivity contribution in [3.8, 4) is 0 Å². The van der Waals surface area contributed by atoms with Crippen LogP contribution in [0.4, 0.5) is 16.5 Å². The summed E-state index contributed by atoms with van der Waals surface area (Å²) in [5.74, 6) is -0.0515. The normalized spacial score (nSPS) is 12.4. The summed E-state index contributed by atoms with van der Waals surface area (Å²) in [6.45, 7) is 2.48. The summed E-state index contributed by atoms with van der Waals surface area (Å²) in [6.07, 6.45) is 0.381. The molecular weight excluding hydrogens is 352 g/mol. The lowest BCUT2D eigenvalue weighted by Crippen LogP contribution is -2.25. The zero-order chi connectivity index (χ0) is 17.2. The van der Waals surface area contributed by atoms with Crippen LogP contribution in [0.5, 0.6) is 0 Å². The van der Waals surface area contributed by atoms with E-state index in [0.29, 0.717) is 18.1 Å². The quantitative estimate of drug-likeness (QED) is 0.736. The first-order chi connectivity index (χ1) is 12.2. The Morgan fingerprint density at radius 3 is 2.28 bits per heavy atom. The van der Waals surface area contributed by atoms with Crippen LogP contribution in [-0.2, 0) is 4.79 Å². The molecule has 1 aliphatic heterocycles. The molecule has 1 N–H and O–H groups in total. The molecule has 0 radical (unpaired) electrons. The van der Waals surface area contributed by atoms with E-state index in [0.717, 1.165) is 16.4 Å². The van der Waals surface area contributed by atoms with Crippen LogP contribution in [0.1, 0.15) is 11.4 Å². The van der Waals surface area contributed by atoms with Crippen molar-refractivity contribution in [1.82, 2.24) is 10.2 Å². The van der Waals surface area contributed by atoms with Crippen LogP contribution in [0.25, 0.3) is 0 Å². The maximum Gasteiger partial charge on any atom is 0.227 e. The first-order valence-electron chi connectivity index (χ1n) is 7.94. The van der Waals surface area contributed by atoms with Crippen molar-refractivity contribution in [1.29, 1.82) is 0 Å². The van der Waals surface area contributed by atoms with Crippen LogP contribution in [0, 0.1) is 6.92 Å². The maximum atomic E-state index is 12.3. The van der Waals surface area contributed by atoms with E-state index in [9.17, 15) is 4.79 Å². The summed E-state index contributed by atoms with van der Waals surface area (Å²) >= 11 is 3.15. The van der Waals surface area contributed by atoms with Gasteiger partial charge >= 0.3 is 0 Å². The third-order valence-electron chi connectivity index (χ3n) is 3.87. The summed E-state index contributed by atoms with van der Waals surface area (Å²) in [7, 11) is 0. The number of hydrogen-bond acceptors (Lipinski definition) is 6. The number of amides is 1. The number of aryl methyl sites for hydroxylation is 1. The molecule has 3 aromatic rings. The van der Waals surface area contributed by atoms with Gasteiger partial charge in [-0.3, -0.25) is 4.79 Å². The minimum Gasteiger partial charge on any atom is -0.339 e. The predicted octanol–water partition coefficient (Wildman–Crippen LogP) is 4.48. The summed E-state index contributed by atoms with van der Waals surface area (Å²) in [5, 5.41) is 12.1. The third kappa shape index (κ3) is 3.38. The van der Waals surface area contributed by atoms with Gasteiger partial charge in [-0.1, -0.05) is 47.4 Å². The van der Waals surface area contributed by atoms with Gasteiger partial charge < -0.3 is 10.2 Å². The van der Waals surface area contributed by atoms with E-state index in [1.54, 1.807) is 11.8 Å². The fraction of sp³-hybridized carbons (Fsp3) is 0.167. The number of carbonyl (C=O) groups is 1. The second kappa shape index (κ2) is 6.85. The Hall–Kier alpha value is -2.38.